The summed E-state index contributed by atoms with van der Waals surface area (Å²) in [6.07, 6.45) is 2.11. The van der Waals surface area contributed by atoms with Gasteiger partial charge in [0.1, 0.15) is 12.6 Å². The van der Waals surface area contributed by atoms with E-state index in [9.17, 15) is 18.0 Å². The average molecular weight is 565 g/mol. The highest BCUT2D eigenvalue weighted by Gasteiger charge is 2.32. The lowest BCUT2D eigenvalue weighted by Crippen LogP contribution is -2.52. The molecule has 7 nitrogen and oxygen atoms in total. The summed E-state index contributed by atoms with van der Waals surface area (Å²) < 4.78 is 27.0. The molecule has 0 fully saturated rings. The highest BCUT2D eigenvalue weighted by molar-refractivity contribution is 7.92. The summed E-state index contributed by atoms with van der Waals surface area (Å²) in [5, 5.41) is 5.07. The predicted octanol–water partition coefficient (Wildman–Crippen LogP) is 5.25. The Balaban J connectivity index is 2.06. The van der Waals surface area contributed by atoms with E-state index in [-0.39, 0.29) is 12.5 Å². The molecule has 3 rings (SSSR count). The van der Waals surface area contributed by atoms with Gasteiger partial charge < -0.3 is 10.2 Å². The first-order valence-electron chi connectivity index (χ1n) is 12.0. The number of benzene rings is 3. The number of anilines is 1. The van der Waals surface area contributed by atoms with Crippen LogP contribution in [0.3, 0.4) is 0 Å². The standard InChI is InChI=1S/C27H31Cl2N3O4S/c1-4-16-30-27(34)24(5-2)31(17-21-22(28)13-9-14-23(21)29)26(33)18-32(37(3,35)36)25-15-8-11-19-10-6-7-12-20(19)25/h6-15,24H,4-5,16-18H2,1-3H3,(H,30,34)/t24-/m1/s1. The van der Waals surface area contributed by atoms with Crippen LogP contribution in [0.4, 0.5) is 5.69 Å². The van der Waals surface area contributed by atoms with Crippen LogP contribution >= 0.6 is 23.2 Å². The Labute approximate surface area is 228 Å². The zero-order valence-corrected chi connectivity index (χ0v) is 23.4. The van der Waals surface area contributed by atoms with Crippen molar-refractivity contribution in [3.63, 3.8) is 0 Å². The first-order chi connectivity index (χ1) is 17.6. The van der Waals surface area contributed by atoms with Gasteiger partial charge in [-0.15, -0.1) is 0 Å². The SMILES string of the molecule is CCCNC(=O)[C@@H](CC)N(Cc1c(Cl)cccc1Cl)C(=O)CN(c1cccc2ccccc12)S(C)(=O)=O. The van der Waals surface area contributed by atoms with Gasteiger partial charge in [-0.05, 0) is 36.4 Å². The van der Waals surface area contributed by atoms with Crippen molar-refractivity contribution in [2.75, 3.05) is 23.7 Å². The van der Waals surface area contributed by atoms with E-state index in [2.05, 4.69) is 5.32 Å². The number of sulfonamides is 1. The predicted molar refractivity (Wildman–Crippen MR) is 151 cm³/mol. The molecule has 0 radical (unpaired) electrons. The summed E-state index contributed by atoms with van der Waals surface area (Å²) in [5.41, 5.74) is 0.866. The van der Waals surface area contributed by atoms with Crippen LogP contribution in [0, 0.1) is 0 Å². The molecular formula is C27H31Cl2N3O4S. The third-order valence-electron chi connectivity index (χ3n) is 6.04. The van der Waals surface area contributed by atoms with Gasteiger partial charge in [-0.25, -0.2) is 8.42 Å². The van der Waals surface area contributed by atoms with Crippen LogP contribution in [0.5, 0.6) is 0 Å². The van der Waals surface area contributed by atoms with E-state index in [0.717, 1.165) is 22.4 Å². The van der Waals surface area contributed by atoms with Gasteiger partial charge in [0, 0.05) is 34.1 Å². The van der Waals surface area contributed by atoms with Crippen molar-refractivity contribution in [2.45, 2.75) is 39.3 Å². The number of carbonyl (C=O) groups excluding carboxylic acids is 2. The molecule has 37 heavy (non-hydrogen) atoms. The molecule has 3 aromatic rings. The van der Waals surface area contributed by atoms with Crippen LogP contribution in [-0.4, -0.2) is 50.5 Å². The topological polar surface area (TPSA) is 86.8 Å². The molecule has 1 N–H and O–H groups in total. The average Bonchev–Trinajstić information content (AvgIpc) is 2.86. The molecular weight excluding hydrogens is 533 g/mol. The summed E-state index contributed by atoms with van der Waals surface area (Å²) in [6, 6.07) is 16.8. The lowest BCUT2D eigenvalue weighted by atomic mass is 10.1. The summed E-state index contributed by atoms with van der Waals surface area (Å²) in [5.74, 6) is -0.871. The molecule has 0 heterocycles. The van der Waals surface area contributed by atoms with Gasteiger partial charge in [0.05, 0.1) is 11.9 Å². The van der Waals surface area contributed by atoms with E-state index >= 15 is 0 Å². The van der Waals surface area contributed by atoms with Crippen LogP contribution in [0.15, 0.2) is 60.7 Å². The number of amides is 2. The Bertz CT molecular complexity index is 1360. The van der Waals surface area contributed by atoms with Gasteiger partial charge in [-0.1, -0.05) is 79.5 Å². The molecule has 3 aromatic carbocycles. The van der Waals surface area contributed by atoms with Crippen molar-refractivity contribution in [1.82, 2.24) is 10.2 Å². The highest BCUT2D eigenvalue weighted by atomic mass is 35.5. The number of rotatable bonds is 11. The fraction of sp³-hybridized carbons (Fsp3) is 0.333. The Morgan fingerprint density at radius 1 is 0.946 bits per heavy atom. The second-order valence-electron chi connectivity index (χ2n) is 8.70. The van der Waals surface area contributed by atoms with Crippen molar-refractivity contribution >= 4 is 61.5 Å². The molecule has 198 valence electrons. The van der Waals surface area contributed by atoms with E-state index in [1.54, 1.807) is 37.3 Å². The van der Waals surface area contributed by atoms with E-state index in [4.69, 9.17) is 23.2 Å². The van der Waals surface area contributed by atoms with Crippen LogP contribution < -0.4 is 9.62 Å². The Hall–Kier alpha value is -2.81. The number of nitrogens with one attached hydrogen (secondary N) is 1. The van der Waals surface area contributed by atoms with E-state index in [1.807, 2.05) is 37.3 Å². The van der Waals surface area contributed by atoms with Crippen LogP contribution in [0.2, 0.25) is 10.0 Å². The van der Waals surface area contributed by atoms with Gasteiger partial charge in [-0.2, -0.15) is 0 Å². The quantitative estimate of drug-likeness (QED) is 0.345. The molecule has 0 bridgehead atoms. The molecule has 0 aliphatic carbocycles. The van der Waals surface area contributed by atoms with Crippen LogP contribution in [-0.2, 0) is 26.2 Å². The molecule has 0 saturated carbocycles. The largest absolute Gasteiger partial charge is 0.354 e. The Morgan fingerprint density at radius 3 is 2.19 bits per heavy atom. The molecule has 0 aliphatic rings. The van der Waals surface area contributed by atoms with Gasteiger partial charge in [0.15, 0.2) is 0 Å². The van der Waals surface area contributed by atoms with E-state index < -0.39 is 28.5 Å². The Morgan fingerprint density at radius 2 is 1.57 bits per heavy atom. The minimum atomic E-state index is -3.86. The van der Waals surface area contributed by atoms with Crippen molar-refractivity contribution in [1.29, 1.82) is 0 Å². The Kier molecular flexibility index (Phi) is 9.81. The summed E-state index contributed by atoms with van der Waals surface area (Å²) >= 11 is 12.8. The molecule has 0 saturated heterocycles. The summed E-state index contributed by atoms with van der Waals surface area (Å²) in [7, 11) is -3.86. The molecule has 1 atom stereocenters. The minimum absolute atomic E-state index is 0.0530. The monoisotopic (exact) mass is 563 g/mol. The van der Waals surface area contributed by atoms with Gasteiger partial charge in [-0.3, -0.25) is 13.9 Å². The van der Waals surface area contributed by atoms with Crippen molar-refractivity contribution in [3.8, 4) is 0 Å². The second kappa shape index (κ2) is 12.6. The maximum atomic E-state index is 13.9. The first kappa shape index (κ1) is 28.8. The fourth-order valence-electron chi connectivity index (χ4n) is 4.16. The maximum absolute atomic E-state index is 13.9. The van der Waals surface area contributed by atoms with Gasteiger partial charge >= 0.3 is 0 Å². The van der Waals surface area contributed by atoms with Crippen molar-refractivity contribution in [2.24, 2.45) is 0 Å². The van der Waals surface area contributed by atoms with Crippen molar-refractivity contribution in [3.05, 3.63) is 76.3 Å². The number of fused-ring (bicyclic) bond motifs is 1. The van der Waals surface area contributed by atoms with Crippen LogP contribution in [0.25, 0.3) is 10.8 Å². The fourth-order valence-corrected chi connectivity index (χ4v) is 5.54. The molecule has 2 amide bonds. The highest BCUT2D eigenvalue weighted by Crippen LogP contribution is 2.30. The molecule has 0 aromatic heterocycles. The number of halogens is 2. The molecule has 0 unspecified atom stereocenters. The number of nitrogens with zero attached hydrogens (tertiary/aromatic N) is 2. The van der Waals surface area contributed by atoms with E-state index in [0.29, 0.717) is 39.6 Å². The van der Waals surface area contributed by atoms with Gasteiger partial charge in [0.2, 0.25) is 21.8 Å². The minimum Gasteiger partial charge on any atom is -0.354 e. The van der Waals surface area contributed by atoms with Crippen molar-refractivity contribution < 1.29 is 18.0 Å². The maximum Gasteiger partial charge on any atom is 0.244 e. The molecule has 0 aliphatic heterocycles. The smallest absolute Gasteiger partial charge is 0.244 e. The second-order valence-corrected chi connectivity index (χ2v) is 11.4. The normalized spacial score (nSPS) is 12.2. The zero-order valence-electron chi connectivity index (χ0n) is 21.1. The van der Waals surface area contributed by atoms with Gasteiger partial charge in [0.25, 0.3) is 0 Å². The summed E-state index contributed by atoms with van der Waals surface area (Å²) in [6.45, 7) is 3.64. The number of hydrogen-bond donors (Lipinski definition) is 1. The number of hydrogen-bond acceptors (Lipinski definition) is 4. The number of carbonyl (C=O) groups is 2. The first-order valence-corrected chi connectivity index (χ1v) is 14.6. The third kappa shape index (κ3) is 6.94. The lowest BCUT2D eigenvalue weighted by Gasteiger charge is -2.33. The zero-order chi connectivity index (χ0) is 27.2. The van der Waals surface area contributed by atoms with E-state index in [1.165, 1.54) is 4.90 Å². The third-order valence-corrected chi connectivity index (χ3v) is 7.87. The summed E-state index contributed by atoms with van der Waals surface area (Å²) in [4.78, 5) is 28.3. The molecule has 0 spiro atoms. The van der Waals surface area contributed by atoms with Crippen LogP contribution in [0.1, 0.15) is 32.3 Å². The molecule has 10 heteroatoms. The lowest BCUT2D eigenvalue weighted by molar-refractivity contribution is -0.140.